The number of aliphatic hydroxyl groups excluding tert-OH is 2. The van der Waals surface area contributed by atoms with Gasteiger partial charge in [0, 0.05) is 12.6 Å². The van der Waals surface area contributed by atoms with Crippen LogP contribution in [-0.2, 0) is 26.1 Å². The summed E-state index contributed by atoms with van der Waals surface area (Å²) in [5.41, 5.74) is 0.175. The van der Waals surface area contributed by atoms with Crippen LogP contribution in [0.15, 0.2) is 53.4 Å². The summed E-state index contributed by atoms with van der Waals surface area (Å²) >= 11 is 0. The van der Waals surface area contributed by atoms with Gasteiger partial charge in [-0.2, -0.15) is 0 Å². The van der Waals surface area contributed by atoms with Crippen molar-refractivity contribution in [2.45, 2.75) is 57.1 Å². The van der Waals surface area contributed by atoms with Crippen LogP contribution >= 0.6 is 0 Å². The standard InChI is InChI=1S/C27H37N3O9S/c1-19(32)22(14-20-8-5-4-6-9-20)29-26(34)39-30(17-27(2,3)12-7-13-28-25(33)16-31)40(35,36)21-10-11-23-24(15-21)38-18-37-23/h4-6,8-11,15,19,22,31-32H,7,12-14,16-18H2,1-3H3,(H,28,33)(H,29,34). The zero-order valence-electron chi connectivity index (χ0n) is 22.8. The fraction of sp³-hybridized carbons (Fsp3) is 0.481. The van der Waals surface area contributed by atoms with Gasteiger partial charge >= 0.3 is 6.09 Å². The van der Waals surface area contributed by atoms with E-state index >= 15 is 0 Å². The number of nitrogens with zero attached hydrogens (tertiary/aromatic N) is 1. The first kappa shape index (κ1) is 31.1. The van der Waals surface area contributed by atoms with Crippen molar-refractivity contribution in [3.05, 3.63) is 54.1 Å². The Hall–Kier alpha value is -3.39. The molecule has 1 aliphatic heterocycles. The van der Waals surface area contributed by atoms with Crippen molar-refractivity contribution >= 4 is 22.0 Å². The lowest BCUT2D eigenvalue weighted by Gasteiger charge is -2.31. The number of carbonyl (C=O) groups excluding carboxylic acids is 2. The Kier molecular flexibility index (Phi) is 10.7. The molecule has 220 valence electrons. The van der Waals surface area contributed by atoms with Crippen LogP contribution in [0.2, 0.25) is 0 Å². The topological polar surface area (TPSA) is 164 Å². The van der Waals surface area contributed by atoms with E-state index in [0.717, 1.165) is 5.56 Å². The molecule has 13 heteroatoms. The van der Waals surface area contributed by atoms with Crippen molar-refractivity contribution in [2.24, 2.45) is 5.41 Å². The van der Waals surface area contributed by atoms with E-state index in [9.17, 15) is 23.1 Å². The third kappa shape index (κ3) is 8.81. The molecule has 0 saturated carbocycles. The number of hydrogen-bond donors (Lipinski definition) is 4. The lowest BCUT2D eigenvalue weighted by Crippen LogP contribution is -2.48. The van der Waals surface area contributed by atoms with Gasteiger partial charge in [-0.15, -0.1) is 0 Å². The predicted octanol–water partition coefficient (Wildman–Crippen LogP) is 1.95. The first-order chi connectivity index (χ1) is 18.9. The Morgan fingerprint density at radius 3 is 2.50 bits per heavy atom. The first-order valence-electron chi connectivity index (χ1n) is 12.9. The minimum atomic E-state index is -4.36. The van der Waals surface area contributed by atoms with E-state index in [0.29, 0.717) is 29.5 Å². The maximum absolute atomic E-state index is 13.7. The SMILES string of the molecule is CC(O)C(Cc1ccccc1)NC(=O)ON(CC(C)(C)CCCNC(=O)CO)S(=O)(=O)c1ccc2c(c1)OCO2. The largest absolute Gasteiger partial charge is 0.454 e. The summed E-state index contributed by atoms with van der Waals surface area (Å²) in [5, 5.41) is 24.3. The smallest absolute Gasteiger partial charge is 0.427 e. The molecule has 0 bridgehead atoms. The second-order valence-electron chi connectivity index (χ2n) is 10.3. The molecule has 0 radical (unpaired) electrons. The maximum atomic E-state index is 13.7. The molecule has 2 aromatic rings. The molecule has 3 rings (SSSR count). The summed E-state index contributed by atoms with van der Waals surface area (Å²) in [6, 6.07) is 12.6. The zero-order chi connectivity index (χ0) is 29.3. The molecule has 2 unspecified atom stereocenters. The quantitative estimate of drug-likeness (QED) is 0.193. The fourth-order valence-corrected chi connectivity index (χ4v) is 5.50. The molecule has 0 spiro atoms. The average Bonchev–Trinajstić information content (AvgIpc) is 3.39. The van der Waals surface area contributed by atoms with Crippen LogP contribution in [0, 0.1) is 5.41 Å². The summed E-state index contributed by atoms with van der Waals surface area (Å²) in [7, 11) is -4.36. The van der Waals surface area contributed by atoms with Crippen molar-refractivity contribution in [2.75, 3.05) is 26.5 Å². The number of rotatable bonds is 14. The zero-order valence-corrected chi connectivity index (χ0v) is 23.6. The van der Waals surface area contributed by atoms with E-state index < -0.39 is 46.2 Å². The van der Waals surface area contributed by atoms with E-state index in [-0.39, 0.29) is 30.5 Å². The van der Waals surface area contributed by atoms with Crippen molar-refractivity contribution in [3.63, 3.8) is 0 Å². The van der Waals surface area contributed by atoms with Crippen LogP contribution in [0.4, 0.5) is 4.79 Å². The Morgan fingerprint density at radius 2 is 1.82 bits per heavy atom. The maximum Gasteiger partial charge on any atom is 0.427 e. The molecule has 40 heavy (non-hydrogen) atoms. The van der Waals surface area contributed by atoms with Gasteiger partial charge in [-0.25, -0.2) is 13.2 Å². The molecule has 2 aromatic carbocycles. The van der Waals surface area contributed by atoms with Gasteiger partial charge in [-0.3, -0.25) is 4.79 Å². The summed E-state index contributed by atoms with van der Waals surface area (Å²) in [4.78, 5) is 29.6. The van der Waals surface area contributed by atoms with Gasteiger partial charge in [0.25, 0.3) is 10.0 Å². The number of sulfonamides is 1. The van der Waals surface area contributed by atoms with Crippen LogP contribution in [0.1, 0.15) is 39.2 Å². The summed E-state index contributed by atoms with van der Waals surface area (Å²) < 4.78 is 38.6. The van der Waals surface area contributed by atoms with E-state index in [1.54, 1.807) is 13.8 Å². The molecule has 0 aliphatic carbocycles. The highest BCUT2D eigenvalue weighted by molar-refractivity contribution is 7.89. The molecular weight excluding hydrogens is 542 g/mol. The first-order valence-corrected chi connectivity index (χ1v) is 14.4. The molecule has 12 nitrogen and oxygen atoms in total. The molecular formula is C27H37N3O9S. The Labute approximate surface area is 234 Å². The van der Waals surface area contributed by atoms with E-state index in [2.05, 4.69) is 10.6 Å². The van der Waals surface area contributed by atoms with Crippen molar-refractivity contribution < 1.29 is 42.5 Å². The van der Waals surface area contributed by atoms with Crippen molar-refractivity contribution in [3.8, 4) is 11.5 Å². The second kappa shape index (κ2) is 13.8. The number of fused-ring (bicyclic) bond motifs is 1. The molecule has 1 aliphatic rings. The molecule has 2 atom stereocenters. The number of hydrogen-bond acceptors (Lipinski definition) is 9. The monoisotopic (exact) mass is 579 g/mol. The van der Waals surface area contributed by atoms with Gasteiger partial charge in [0.1, 0.15) is 6.61 Å². The van der Waals surface area contributed by atoms with Crippen molar-refractivity contribution in [1.82, 2.24) is 15.1 Å². The van der Waals surface area contributed by atoms with Gasteiger partial charge in [-0.05, 0) is 53.8 Å². The average molecular weight is 580 g/mol. The number of benzene rings is 2. The number of ether oxygens (including phenoxy) is 2. The fourth-order valence-electron chi connectivity index (χ4n) is 4.08. The summed E-state index contributed by atoms with van der Waals surface area (Å²) in [5.74, 6) is 0.143. The number of carbonyl (C=O) groups is 2. The predicted molar refractivity (Wildman–Crippen MR) is 145 cm³/mol. The third-order valence-corrected chi connectivity index (χ3v) is 7.92. The van der Waals surface area contributed by atoms with E-state index in [4.69, 9.17) is 19.4 Å². The lowest BCUT2D eigenvalue weighted by molar-refractivity contribution is -0.123. The summed E-state index contributed by atoms with van der Waals surface area (Å²) in [6.07, 6.45) is -0.743. The number of nitrogens with one attached hydrogen (secondary N) is 2. The normalized spacial score (nSPS) is 14.4. The van der Waals surface area contributed by atoms with Crippen molar-refractivity contribution in [1.29, 1.82) is 0 Å². The minimum absolute atomic E-state index is 0.0382. The Balaban J connectivity index is 1.79. The van der Waals surface area contributed by atoms with E-state index in [1.807, 2.05) is 30.3 Å². The molecule has 0 fully saturated rings. The lowest BCUT2D eigenvalue weighted by atomic mass is 9.88. The van der Waals surface area contributed by atoms with Crippen LogP contribution in [0.25, 0.3) is 0 Å². The Bertz CT molecular complexity index is 1250. The second-order valence-corrected chi connectivity index (χ2v) is 12.1. The molecule has 1 heterocycles. The van der Waals surface area contributed by atoms with Gasteiger partial charge in [0.15, 0.2) is 11.5 Å². The van der Waals surface area contributed by atoms with Crippen LogP contribution < -0.4 is 20.1 Å². The highest BCUT2D eigenvalue weighted by atomic mass is 32.2. The van der Waals surface area contributed by atoms with Gasteiger partial charge < -0.3 is 35.2 Å². The number of hydroxylamine groups is 1. The van der Waals surface area contributed by atoms with Gasteiger partial charge in [-0.1, -0.05) is 44.2 Å². The highest BCUT2D eigenvalue weighted by Crippen LogP contribution is 2.35. The Morgan fingerprint density at radius 1 is 1.12 bits per heavy atom. The minimum Gasteiger partial charge on any atom is -0.454 e. The number of amides is 2. The molecule has 4 N–H and O–H groups in total. The van der Waals surface area contributed by atoms with Crippen LogP contribution in [-0.4, -0.2) is 73.7 Å². The van der Waals surface area contributed by atoms with Crippen LogP contribution in [0.5, 0.6) is 11.5 Å². The van der Waals surface area contributed by atoms with Gasteiger partial charge in [0.05, 0.1) is 23.6 Å². The molecule has 0 aromatic heterocycles. The van der Waals surface area contributed by atoms with E-state index in [1.165, 1.54) is 25.1 Å². The molecule has 0 saturated heterocycles. The highest BCUT2D eigenvalue weighted by Gasteiger charge is 2.36. The van der Waals surface area contributed by atoms with Gasteiger partial charge in [0.2, 0.25) is 12.7 Å². The summed E-state index contributed by atoms with van der Waals surface area (Å²) in [6.45, 7) is 4.55. The number of aliphatic hydroxyl groups is 2. The van der Waals surface area contributed by atoms with Crippen LogP contribution in [0.3, 0.4) is 0 Å². The molecule has 2 amide bonds. The third-order valence-electron chi connectivity index (χ3n) is 6.33.